The third-order valence-electron chi connectivity index (χ3n) is 6.78. The first-order valence-corrected chi connectivity index (χ1v) is 13.0. The minimum absolute atomic E-state index is 0.231. The first-order chi connectivity index (χ1) is 15.9. The topological polar surface area (TPSA) is 107 Å². The molecule has 0 radical (unpaired) electrons. The molecule has 0 aromatic carbocycles. The number of nitrogens with one attached hydrogen (secondary N) is 1. The molecule has 0 atom stereocenters. The number of rotatable bonds is 5. The van der Waals surface area contributed by atoms with Crippen molar-refractivity contribution in [2.45, 2.75) is 29.8 Å². The Kier molecular flexibility index (Phi) is 5.46. The normalized spacial score (nSPS) is 21.1. The molecule has 1 N–H and O–H groups in total. The van der Waals surface area contributed by atoms with Crippen LogP contribution in [0.4, 0.5) is 11.6 Å². The van der Waals surface area contributed by atoms with Crippen LogP contribution in [-0.4, -0.2) is 68.5 Å². The number of pyridine rings is 2. The van der Waals surface area contributed by atoms with Crippen molar-refractivity contribution in [1.29, 1.82) is 5.26 Å². The number of aromatic nitrogens is 3. The Hall–Kier alpha value is -3.16. The number of piperazine rings is 1. The molecule has 0 spiro atoms. The molecule has 172 valence electrons. The number of nitriles is 1. The number of nitrogens with zero attached hydrogens (tertiary/aromatic N) is 6. The molecule has 5 rings (SSSR count). The first kappa shape index (κ1) is 21.7. The monoisotopic (exact) mass is 465 g/mol. The van der Waals surface area contributed by atoms with Gasteiger partial charge < -0.3 is 19.7 Å². The molecule has 10 heteroatoms. The van der Waals surface area contributed by atoms with Crippen LogP contribution in [0.1, 0.15) is 24.4 Å². The Labute approximate surface area is 193 Å². The molecule has 3 aromatic rings. The van der Waals surface area contributed by atoms with E-state index in [-0.39, 0.29) is 4.90 Å². The van der Waals surface area contributed by atoms with Gasteiger partial charge in [-0.1, -0.05) is 0 Å². The minimum atomic E-state index is -3.25. The van der Waals surface area contributed by atoms with Crippen molar-refractivity contribution < 1.29 is 8.42 Å². The SMILES string of the molecule is CNC1CC(n2cc(C#N)c3ccc(N4CCN(c5ccc(S(C)(=O)=O)cn5)CC4)nc32)C1. The lowest BCUT2D eigenvalue weighted by atomic mass is 9.87. The molecule has 33 heavy (non-hydrogen) atoms. The highest BCUT2D eigenvalue weighted by atomic mass is 32.2. The highest BCUT2D eigenvalue weighted by Gasteiger charge is 2.31. The van der Waals surface area contributed by atoms with Gasteiger partial charge in [-0.15, -0.1) is 0 Å². The van der Waals surface area contributed by atoms with E-state index in [1.807, 2.05) is 25.4 Å². The zero-order valence-electron chi connectivity index (χ0n) is 18.8. The molecule has 0 unspecified atom stereocenters. The Morgan fingerprint density at radius 2 is 1.73 bits per heavy atom. The summed E-state index contributed by atoms with van der Waals surface area (Å²) in [5, 5.41) is 13.8. The van der Waals surface area contributed by atoms with E-state index in [4.69, 9.17) is 4.98 Å². The minimum Gasteiger partial charge on any atom is -0.353 e. The Morgan fingerprint density at radius 1 is 1.06 bits per heavy atom. The van der Waals surface area contributed by atoms with Crippen molar-refractivity contribution in [3.05, 3.63) is 42.2 Å². The third kappa shape index (κ3) is 4.03. The molecule has 1 saturated heterocycles. The highest BCUT2D eigenvalue weighted by molar-refractivity contribution is 7.90. The second-order valence-corrected chi connectivity index (χ2v) is 10.8. The van der Waals surface area contributed by atoms with Crippen molar-refractivity contribution in [3.8, 4) is 6.07 Å². The van der Waals surface area contributed by atoms with Gasteiger partial charge in [0.05, 0.1) is 10.5 Å². The summed E-state index contributed by atoms with van der Waals surface area (Å²) in [6, 6.07) is 10.6. The highest BCUT2D eigenvalue weighted by Crippen LogP contribution is 2.36. The van der Waals surface area contributed by atoms with E-state index >= 15 is 0 Å². The molecule has 1 aliphatic carbocycles. The molecule has 3 aromatic heterocycles. The Morgan fingerprint density at radius 3 is 2.30 bits per heavy atom. The number of fused-ring (bicyclic) bond motifs is 1. The lowest BCUT2D eigenvalue weighted by Crippen LogP contribution is -2.47. The van der Waals surface area contributed by atoms with Crippen LogP contribution in [0.5, 0.6) is 0 Å². The average Bonchev–Trinajstić information content (AvgIpc) is 3.16. The summed E-state index contributed by atoms with van der Waals surface area (Å²) in [5.41, 5.74) is 1.55. The smallest absolute Gasteiger partial charge is 0.177 e. The molecule has 1 aliphatic heterocycles. The molecular formula is C23H27N7O2S. The van der Waals surface area contributed by atoms with E-state index < -0.39 is 9.84 Å². The van der Waals surface area contributed by atoms with Crippen molar-refractivity contribution in [2.75, 3.05) is 49.3 Å². The molecule has 1 saturated carbocycles. The summed E-state index contributed by atoms with van der Waals surface area (Å²) in [6.45, 7) is 3.10. The predicted molar refractivity (Wildman–Crippen MR) is 127 cm³/mol. The maximum absolute atomic E-state index is 11.7. The fraction of sp³-hybridized carbons (Fsp3) is 0.435. The van der Waals surface area contributed by atoms with E-state index in [1.54, 1.807) is 12.1 Å². The lowest BCUT2D eigenvalue weighted by molar-refractivity contribution is 0.240. The van der Waals surface area contributed by atoms with E-state index in [2.05, 4.69) is 30.7 Å². The number of anilines is 2. The van der Waals surface area contributed by atoms with Crippen molar-refractivity contribution >= 4 is 32.5 Å². The van der Waals surface area contributed by atoms with E-state index in [1.165, 1.54) is 12.5 Å². The standard InChI is InChI=1S/C23H27N7O2S/c1-25-17-11-18(12-17)30-15-16(13-24)20-4-6-22(27-23(20)30)29-9-7-28(8-10-29)21-5-3-19(14-26-21)33(2,31)32/h3-6,14-15,17-18,25H,7-12H2,1-2H3. The average molecular weight is 466 g/mol. The van der Waals surface area contributed by atoms with Gasteiger partial charge in [0.15, 0.2) is 9.84 Å². The van der Waals surface area contributed by atoms with Crippen LogP contribution in [0.25, 0.3) is 11.0 Å². The van der Waals surface area contributed by atoms with Gasteiger partial charge in [-0.05, 0) is 44.2 Å². The fourth-order valence-corrected chi connectivity index (χ4v) is 5.21. The largest absolute Gasteiger partial charge is 0.353 e. The summed E-state index contributed by atoms with van der Waals surface area (Å²) in [7, 11) is -1.26. The molecule has 4 heterocycles. The Bertz CT molecular complexity index is 1310. The summed E-state index contributed by atoms with van der Waals surface area (Å²) in [5.74, 6) is 1.69. The van der Waals surface area contributed by atoms with E-state index in [9.17, 15) is 13.7 Å². The Balaban J connectivity index is 1.33. The lowest BCUT2D eigenvalue weighted by Gasteiger charge is -2.37. The molecular weight excluding hydrogens is 438 g/mol. The van der Waals surface area contributed by atoms with Gasteiger partial charge >= 0.3 is 0 Å². The molecule has 9 nitrogen and oxygen atoms in total. The van der Waals surface area contributed by atoms with Crippen LogP contribution in [0.15, 0.2) is 41.6 Å². The van der Waals surface area contributed by atoms with Crippen molar-refractivity contribution in [3.63, 3.8) is 0 Å². The second kappa shape index (κ2) is 8.32. The summed E-state index contributed by atoms with van der Waals surface area (Å²) in [4.78, 5) is 14.0. The van der Waals surface area contributed by atoms with Crippen LogP contribution >= 0.6 is 0 Å². The number of sulfone groups is 1. The van der Waals surface area contributed by atoms with Gasteiger partial charge in [-0.25, -0.2) is 18.4 Å². The number of hydrogen-bond donors (Lipinski definition) is 1. The number of hydrogen-bond acceptors (Lipinski definition) is 8. The third-order valence-corrected chi connectivity index (χ3v) is 7.87. The van der Waals surface area contributed by atoms with Gasteiger partial charge in [0, 0.05) is 62.3 Å². The molecule has 2 aliphatic rings. The van der Waals surface area contributed by atoms with Crippen LogP contribution < -0.4 is 15.1 Å². The summed E-state index contributed by atoms with van der Waals surface area (Å²) < 4.78 is 25.5. The van der Waals surface area contributed by atoms with Gasteiger partial charge in [0.25, 0.3) is 0 Å². The maximum Gasteiger partial charge on any atom is 0.177 e. The van der Waals surface area contributed by atoms with Gasteiger partial charge in [0.1, 0.15) is 23.4 Å². The van der Waals surface area contributed by atoms with E-state index in [0.717, 1.165) is 61.7 Å². The second-order valence-electron chi connectivity index (χ2n) is 8.81. The maximum atomic E-state index is 11.7. The van der Waals surface area contributed by atoms with Crippen LogP contribution in [-0.2, 0) is 9.84 Å². The van der Waals surface area contributed by atoms with Crippen LogP contribution in [0.2, 0.25) is 0 Å². The molecule has 0 bridgehead atoms. The fourth-order valence-electron chi connectivity index (χ4n) is 4.65. The van der Waals surface area contributed by atoms with Crippen molar-refractivity contribution in [1.82, 2.24) is 19.9 Å². The van der Waals surface area contributed by atoms with Gasteiger partial charge in [-0.3, -0.25) is 0 Å². The zero-order chi connectivity index (χ0) is 23.2. The first-order valence-electron chi connectivity index (χ1n) is 11.1. The molecule has 0 amide bonds. The van der Waals surface area contributed by atoms with Crippen LogP contribution in [0.3, 0.4) is 0 Å². The molecule has 2 fully saturated rings. The van der Waals surface area contributed by atoms with Gasteiger partial charge in [0.2, 0.25) is 0 Å². The zero-order valence-corrected chi connectivity index (χ0v) is 19.6. The van der Waals surface area contributed by atoms with Crippen molar-refractivity contribution in [2.24, 2.45) is 0 Å². The predicted octanol–water partition coefficient (Wildman–Crippen LogP) is 1.96. The summed E-state index contributed by atoms with van der Waals surface area (Å²) in [6.07, 6.45) is 6.64. The van der Waals surface area contributed by atoms with Crippen LogP contribution in [0, 0.1) is 11.3 Å². The quantitative estimate of drug-likeness (QED) is 0.609. The van der Waals surface area contributed by atoms with E-state index in [0.29, 0.717) is 17.6 Å². The van der Waals surface area contributed by atoms with Gasteiger partial charge in [-0.2, -0.15) is 5.26 Å². The summed E-state index contributed by atoms with van der Waals surface area (Å²) >= 11 is 0.